The number of Topliss-reactive ketones (excluding diaryl/α,β-unsaturated/α-hetero) is 1. The second-order valence-corrected chi connectivity index (χ2v) is 7.46. The molecule has 2 amide bonds. The highest BCUT2D eigenvalue weighted by Gasteiger charge is 2.44. The smallest absolute Gasteiger partial charge is 0.343 e. The summed E-state index contributed by atoms with van der Waals surface area (Å²) in [5, 5.41) is 0. The van der Waals surface area contributed by atoms with Crippen LogP contribution in [0.4, 0.5) is 18.9 Å². The minimum Gasteiger partial charge on any atom is -0.343 e. The van der Waals surface area contributed by atoms with Crippen LogP contribution in [-0.4, -0.2) is 48.3 Å². The van der Waals surface area contributed by atoms with Crippen LogP contribution in [0.2, 0.25) is 0 Å². The molecule has 3 rings (SSSR count). The third-order valence-electron chi connectivity index (χ3n) is 5.63. The number of likely N-dealkylation sites (tertiary alicyclic amines) is 1. The Bertz CT molecular complexity index is 783. The molecule has 1 saturated heterocycles. The van der Waals surface area contributed by atoms with Crippen molar-refractivity contribution in [3.8, 4) is 0 Å². The van der Waals surface area contributed by atoms with E-state index in [0.717, 1.165) is 12.8 Å². The van der Waals surface area contributed by atoms with Gasteiger partial charge in [0.2, 0.25) is 5.91 Å². The molecule has 0 aromatic heterocycles. The van der Waals surface area contributed by atoms with Crippen LogP contribution in [-0.2, 0) is 16.0 Å². The van der Waals surface area contributed by atoms with E-state index in [9.17, 15) is 27.6 Å². The van der Waals surface area contributed by atoms with Crippen LogP contribution in [0.25, 0.3) is 0 Å². The minimum absolute atomic E-state index is 0.0277. The van der Waals surface area contributed by atoms with Crippen LogP contribution in [0.15, 0.2) is 18.2 Å². The van der Waals surface area contributed by atoms with Crippen molar-refractivity contribution in [2.45, 2.75) is 45.2 Å². The standard InChI is InChI=1S/C20H23F3N2O3/c1-13(26)24-9-6-14(7-10-24)2-5-18(27)16-4-3-15-8-11-25(17(15)12-16)19(28)20(21,22)23/h3-4,12,14H,2,5-11H2,1H3. The van der Waals surface area contributed by atoms with E-state index < -0.39 is 12.1 Å². The Labute approximate surface area is 161 Å². The van der Waals surface area contributed by atoms with Crippen molar-refractivity contribution >= 4 is 23.3 Å². The number of halogens is 3. The summed E-state index contributed by atoms with van der Waals surface area (Å²) in [6.07, 6.45) is -1.89. The molecule has 0 unspecified atom stereocenters. The molecular formula is C20H23F3N2O3. The third kappa shape index (κ3) is 4.36. The number of anilines is 1. The number of hydrogen-bond acceptors (Lipinski definition) is 3. The van der Waals surface area contributed by atoms with Gasteiger partial charge in [0.15, 0.2) is 5.78 Å². The first-order valence-corrected chi connectivity index (χ1v) is 9.47. The first-order chi connectivity index (χ1) is 13.2. The second kappa shape index (κ2) is 7.93. The summed E-state index contributed by atoms with van der Waals surface area (Å²) in [7, 11) is 0. The van der Waals surface area contributed by atoms with Crippen molar-refractivity contribution in [2.75, 3.05) is 24.5 Å². The highest BCUT2D eigenvalue weighted by Crippen LogP contribution is 2.33. The molecule has 0 atom stereocenters. The largest absolute Gasteiger partial charge is 0.471 e. The number of ketones is 1. The van der Waals surface area contributed by atoms with Crippen molar-refractivity contribution in [3.05, 3.63) is 29.3 Å². The first kappa shape index (κ1) is 20.4. The first-order valence-electron chi connectivity index (χ1n) is 9.47. The number of nitrogens with zero attached hydrogens (tertiary/aromatic N) is 2. The lowest BCUT2D eigenvalue weighted by atomic mass is 9.90. The van der Waals surface area contributed by atoms with Gasteiger partial charge < -0.3 is 9.80 Å². The van der Waals surface area contributed by atoms with Gasteiger partial charge in [-0.2, -0.15) is 13.2 Å². The van der Waals surface area contributed by atoms with Crippen LogP contribution in [0.3, 0.4) is 0 Å². The van der Waals surface area contributed by atoms with Crippen molar-refractivity contribution in [1.29, 1.82) is 0 Å². The van der Waals surface area contributed by atoms with E-state index >= 15 is 0 Å². The average molecular weight is 396 g/mol. The van der Waals surface area contributed by atoms with Crippen LogP contribution in [0.5, 0.6) is 0 Å². The quantitative estimate of drug-likeness (QED) is 0.734. The Morgan fingerprint density at radius 3 is 2.39 bits per heavy atom. The molecule has 0 bridgehead atoms. The molecular weight excluding hydrogens is 373 g/mol. The minimum atomic E-state index is -4.93. The van der Waals surface area contributed by atoms with Gasteiger partial charge in [-0.1, -0.05) is 12.1 Å². The number of piperidine rings is 1. The third-order valence-corrected chi connectivity index (χ3v) is 5.63. The van der Waals surface area contributed by atoms with E-state index in [2.05, 4.69) is 0 Å². The number of carbonyl (C=O) groups excluding carboxylic acids is 3. The van der Waals surface area contributed by atoms with Crippen molar-refractivity contribution in [3.63, 3.8) is 0 Å². The fourth-order valence-corrected chi connectivity index (χ4v) is 3.93. The molecule has 0 aliphatic carbocycles. The van der Waals surface area contributed by atoms with Crippen molar-refractivity contribution in [1.82, 2.24) is 4.90 Å². The van der Waals surface area contributed by atoms with E-state index in [1.807, 2.05) is 0 Å². The lowest BCUT2D eigenvalue weighted by Crippen LogP contribution is -2.40. The average Bonchev–Trinajstić information content (AvgIpc) is 3.08. The number of alkyl halides is 3. The van der Waals surface area contributed by atoms with Crippen LogP contribution >= 0.6 is 0 Å². The fourth-order valence-electron chi connectivity index (χ4n) is 3.93. The zero-order chi connectivity index (χ0) is 20.5. The molecule has 2 aliphatic rings. The molecule has 0 N–H and O–H groups in total. The summed E-state index contributed by atoms with van der Waals surface area (Å²) in [5.41, 5.74) is 1.16. The van der Waals surface area contributed by atoms with E-state index in [4.69, 9.17) is 0 Å². The van der Waals surface area contributed by atoms with E-state index in [1.54, 1.807) is 24.0 Å². The zero-order valence-electron chi connectivity index (χ0n) is 15.7. The summed E-state index contributed by atoms with van der Waals surface area (Å²) in [6, 6.07) is 4.67. The molecule has 5 nitrogen and oxygen atoms in total. The summed E-state index contributed by atoms with van der Waals surface area (Å²) in [4.78, 5) is 38.0. The fraction of sp³-hybridized carbons (Fsp3) is 0.550. The summed E-state index contributed by atoms with van der Waals surface area (Å²) < 4.78 is 38.3. The number of rotatable bonds is 4. The molecule has 1 fully saturated rings. The summed E-state index contributed by atoms with van der Waals surface area (Å²) >= 11 is 0. The van der Waals surface area contributed by atoms with E-state index in [1.165, 1.54) is 6.07 Å². The van der Waals surface area contributed by atoms with Gasteiger partial charge in [0.05, 0.1) is 0 Å². The number of amides is 2. The topological polar surface area (TPSA) is 57.7 Å². The Hall–Kier alpha value is -2.38. The number of benzene rings is 1. The Morgan fingerprint density at radius 2 is 1.79 bits per heavy atom. The second-order valence-electron chi connectivity index (χ2n) is 7.46. The maximum Gasteiger partial charge on any atom is 0.471 e. The van der Waals surface area contributed by atoms with Crippen molar-refractivity contribution in [2.24, 2.45) is 5.92 Å². The van der Waals surface area contributed by atoms with Gasteiger partial charge in [0.1, 0.15) is 0 Å². The lowest BCUT2D eigenvalue weighted by molar-refractivity contribution is -0.170. The van der Waals surface area contributed by atoms with Gasteiger partial charge in [0.25, 0.3) is 0 Å². The Kier molecular flexibility index (Phi) is 5.76. The summed E-state index contributed by atoms with van der Waals surface area (Å²) in [6.45, 7) is 2.91. The SMILES string of the molecule is CC(=O)N1CCC(CCC(=O)c2ccc3c(c2)N(C(=O)C(F)(F)F)CC3)CC1. The van der Waals surface area contributed by atoms with Gasteiger partial charge in [0, 0.05) is 44.2 Å². The Morgan fingerprint density at radius 1 is 1.11 bits per heavy atom. The number of hydrogen-bond donors (Lipinski definition) is 0. The maximum atomic E-state index is 12.8. The Balaban J connectivity index is 1.61. The van der Waals surface area contributed by atoms with E-state index in [0.29, 0.717) is 54.3 Å². The van der Waals surface area contributed by atoms with Crippen LogP contribution < -0.4 is 4.90 Å². The van der Waals surface area contributed by atoms with E-state index in [-0.39, 0.29) is 23.9 Å². The predicted octanol–water partition coefficient (Wildman–Crippen LogP) is 3.36. The maximum absolute atomic E-state index is 12.8. The molecule has 0 spiro atoms. The molecule has 8 heteroatoms. The van der Waals surface area contributed by atoms with Crippen molar-refractivity contribution < 1.29 is 27.6 Å². The molecule has 0 radical (unpaired) electrons. The normalized spacial score (nSPS) is 17.6. The molecule has 2 aliphatic heterocycles. The molecule has 1 aromatic rings. The predicted molar refractivity (Wildman–Crippen MR) is 97.1 cm³/mol. The number of carbonyl (C=O) groups is 3. The highest BCUT2D eigenvalue weighted by molar-refractivity contribution is 6.02. The van der Waals surface area contributed by atoms with Gasteiger partial charge in [-0.3, -0.25) is 14.4 Å². The number of fused-ring (bicyclic) bond motifs is 1. The highest BCUT2D eigenvalue weighted by atomic mass is 19.4. The van der Waals surface area contributed by atoms with Gasteiger partial charge in [-0.15, -0.1) is 0 Å². The van der Waals surface area contributed by atoms with Gasteiger partial charge >= 0.3 is 12.1 Å². The van der Waals surface area contributed by atoms with Gasteiger partial charge in [-0.25, -0.2) is 0 Å². The van der Waals surface area contributed by atoms with Gasteiger partial charge in [-0.05, 0) is 43.2 Å². The molecule has 0 saturated carbocycles. The van der Waals surface area contributed by atoms with Crippen LogP contribution in [0, 0.1) is 5.92 Å². The summed E-state index contributed by atoms with van der Waals surface area (Å²) in [5.74, 6) is -1.61. The monoisotopic (exact) mass is 396 g/mol. The molecule has 2 heterocycles. The molecule has 28 heavy (non-hydrogen) atoms. The lowest BCUT2D eigenvalue weighted by Gasteiger charge is -2.31. The molecule has 152 valence electrons. The van der Waals surface area contributed by atoms with Crippen LogP contribution in [0.1, 0.15) is 48.5 Å². The zero-order valence-corrected chi connectivity index (χ0v) is 15.7. The molecule has 1 aromatic carbocycles.